The van der Waals surface area contributed by atoms with E-state index in [9.17, 15) is 0 Å². The summed E-state index contributed by atoms with van der Waals surface area (Å²) in [4.78, 5) is 2.86. The molecule has 1 nitrogen and oxygen atoms in total. The number of aromatic amines is 1. The Kier molecular flexibility index (Phi) is 7.45. The first-order valence-corrected chi connectivity index (χ1v) is 3.99. The molecule has 13 heavy (non-hydrogen) atoms. The molecule has 0 saturated carbocycles. The Morgan fingerprint density at radius 3 is 1.69 bits per heavy atom. The second-order valence-electron chi connectivity index (χ2n) is 2.54. The largest absolute Gasteiger partial charge is 2.00 e. The predicted octanol–water partition coefficient (Wildman–Crippen LogP) is 2.85. The summed E-state index contributed by atoms with van der Waals surface area (Å²) >= 11 is 0. The molecule has 0 aliphatic rings. The van der Waals surface area contributed by atoms with Gasteiger partial charge in [0.1, 0.15) is 0 Å². The standard InChI is InChI=1S/C7H8.C4H5N.Mg.2H/c1-7-5-3-2-4-6-7;1-2-4-5-3-1;;;/h2-6H,1H3;1-5H;;;/q;;+2;2*-1. The van der Waals surface area contributed by atoms with Crippen LogP contribution < -0.4 is 0 Å². The van der Waals surface area contributed by atoms with E-state index >= 15 is 0 Å². The van der Waals surface area contributed by atoms with Crippen LogP contribution in [-0.2, 0) is 0 Å². The molecule has 0 aliphatic heterocycles. The molecule has 0 fully saturated rings. The van der Waals surface area contributed by atoms with E-state index in [1.807, 2.05) is 42.7 Å². The minimum Gasteiger partial charge on any atom is -1.00 e. The molecule has 0 radical (unpaired) electrons. The van der Waals surface area contributed by atoms with Crippen LogP contribution in [0.25, 0.3) is 0 Å². The van der Waals surface area contributed by atoms with Crippen LogP contribution in [-0.4, -0.2) is 28.0 Å². The van der Waals surface area contributed by atoms with Crippen molar-refractivity contribution in [3.8, 4) is 0 Å². The Morgan fingerprint density at radius 2 is 1.46 bits per heavy atom. The summed E-state index contributed by atoms with van der Waals surface area (Å²) in [5.74, 6) is 0. The molecule has 0 atom stereocenters. The van der Waals surface area contributed by atoms with Crippen molar-refractivity contribution in [2.75, 3.05) is 0 Å². The van der Waals surface area contributed by atoms with Crippen LogP contribution in [0.15, 0.2) is 54.9 Å². The molecule has 0 amide bonds. The minimum atomic E-state index is 0. The summed E-state index contributed by atoms with van der Waals surface area (Å²) in [5.41, 5.74) is 1.32. The van der Waals surface area contributed by atoms with Gasteiger partial charge in [-0.3, -0.25) is 0 Å². The van der Waals surface area contributed by atoms with Crippen LogP contribution >= 0.6 is 0 Å². The number of aryl methyl sites for hydroxylation is 1. The fourth-order valence-electron chi connectivity index (χ4n) is 0.812. The number of hydrogen-bond donors (Lipinski definition) is 1. The van der Waals surface area contributed by atoms with Gasteiger partial charge in [-0.1, -0.05) is 35.9 Å². The average molecular weight is 186 g/mol. The maximum Gasteiger partial charge on any atom is 2.00 e. The molecule has 0 aliphatic carbocycles. The minimum absolute atomic E-state index is 0. The maximum absolute atomic E-state index is 2.86. The summed E-state index contributed by atoms with van der Waals surface area (Å²) in [6.07, 6.45) is 3.75. The van der Waals surface area contributed by atoms with Gasteiger partial charge in [0.25, 0.3) is 0 Å². The molecule has 0 saturated heterocycles. The Morgan fingerprint density at radius 1 is 0.923 bits per heavy atom. The molecular weight excluding hydrogens is 170 g/mol. The molecule has 1 heterocycles. The summed E-state index contributed by atoms with van der Waals surface area (Å²) < 4.78 is 0. The first kappa shape index (κ1) is 12.3. The van der Waals surface area contributed by atoms with E-state index in [-0.39, 0.29) is 25.9 Å². The van der Waals surface area contributed by atoms with Crippen LogP contribution in [0.5, 0.6) is 0 Å². The zero-order chi connectivity index (χ0) is 8.65. The monoisotopic (exact) mass is 185 g/mol. The Balaban J connectivity index is -0.000000165. The zero-order valence-electron chi connectivity index (χ0n) is 9.90. The van der Waals surface area contributed by atoms with Crippen molar-refractivity contribution in [1.29, 1.82) is 0 Å². The van der Waals surface area contributed by atoms with Crippen molar-refractivity contribution in [2.24, 2.45) is 0 Å². The topological polar surface area (TPSA) is 15.8 Å². The fraction of sp³-hybridized carbons (Fsp3) is 0.0909. The zero-order valence-corrected chi connectivity index (χ0v) is 9.32. The van der Waals surface area contributed by atoms with Gasteiger partial charge in [0.2, 0.25) is 0 Å². The fourth-order valence-corrected chi connectivity index (χ4v) is 0.812. The molecule has 0 spiro atoms. The van der Waals surface area contributed by atoms with Crippen LogP contribution in [0.4, 0.5) is 0 Å². The molecular formula is C11H15MgN. The third kappa shape index (κ3) is 6.43. The van der Waals surface area contributed by atoms with E-state index < -0.39 is 0 Å². The van der Waals surface area contributed by atoms with Crippen molar-refractivity contribution in [3.05, 3.63) is 60.4 Å². The Bertz CT molecular complexity index is 267. The van der Waals surface area contributed by atoms with E-state index in [1.165, 1.54) is 5.56 Å². The SMILES string of the molecule is Cc1ccccc1.[H-].[H-].[Mg+2].c1cc[nH]c1. The van der Waals surface area contributed by atoms with Crippen molar-refractivity contribution in [3.63, 3.8) is 0 Å². The molecule has 2 heteroatoms. The van der Waals surface area contributed by atoms with Crippen LogP contribution in [0, 0.1) is 6.92 Å². The first-order valence-electron chi connectivity index (χ1n) is 3.99. The first-order chi connectivity index (χ1) is 5.89. The van der Waals surface area contributed by atoms with Crippen LogP contribution in [0.3, 0.4) is 0 Å². The van der Waals surface area contributed by atoms with E-state index in [0.29, 0.717) is 0 Å². The third-order valence-electron chi connectivity index (χ3n) is 1.44. The molecule has 1 N–H and O–H groups in total. The number of rotatable bonds is 0. The molecule has 0 unspecified atom stereocenters. The molecule has 1 aromatic heterocycles. The van der Waals surface area contributed by atoms with E-state index in [0.717, 1.165) is 0 Å². The van der Waals surface area contributed by atoms with E-state index in [2.05, 4.69) is 24.0 Å². The van der Waals surface area contributed by atoms with Gasteiger partial charge >= 0.3 is 23.1 Å². The Hall–Kier alpha value is -0.734. The van der Waals surface area contributed by atoms with Gasteiger partial charge in [-0.05, 0) is 19.1 Å². The summed E-state index contributed by atoms with van der Waals surface area (Å²) in [5, 5.41) is 0. The van der Waals surface area contributed by atoms with Crippen molar-refractivity contribution >= 4 is 23.1 Å². The van der Waals surface area contributed by atoms with E-state index in [1.54, 1.807) is 0 Å². The van der Waals surface area contributed by atoms with Gasteiger partial charge < -0.3 is 7.84 Å². The van der Waals surface area contributed by atoms with Gasteiger partial charge in [0.05, 0.1) is 0 Å². The van der Waals surface area contributed by atoms with Crippen LogP contribution in [0.1, 0.15) is 8.42 Å². The van der Waals surface area contributed by atoms with Gasteiger partial charge in [-0.2, -0.15) is 0 Å². The number of aromatic nitrogens is 1. The van der Waals surface area contributed by atoms with Crippen molar-refractivity contribution in [1.82, 2.24) is 4.98 Å². The third-order valence-corrected chi connectivity index (χ3v) is 1.44. The number of H-pyrrole nitrogens is 1. The van der Waals surface area contributed by atoms with Gasteiger partial charge in [0, 0.05) is 12.4 Å². The predicted molar refractivity (Wildman–Crippen MR) is 59.9 cm³/mol. The maximum atomic E-state index is 2.86. The summed E-state index contributed by atoms with van der Waals surface area (Å²) in [6.45, 7) is 2.08. The van der Waals surface area contributed by atoms with Crippen molar-refractivity contribution in [2.45, 2.75) is 6.92 Å². The average Bonchev–Trinajstić information content (AvgIpc) is 2.62. The van der Waals surface area contributed by atoms with E-state index in [4.69, 9.17) is 0 Å². The molecule has 2 aromatic rings. The van der Waals surface area contributed by atoms with Crippen molar-refractivity contribution < 1.29 is 2.85 Å². The second kappa shape index (κ2) is 7.89. The quantitative estimate of drug-likeness (QED) is 0.608. The molecule has 2 rings (SSSR count). The Labute approximate surface area is 98.3 Å². The number of hydrogen-bond acceptors (Lipinski definition) is 0. The van der Waals surface area contributed by atoms with Gasteiger partial charge in [0.15, 0.2) is 0 Å². The normalized spacial score (nSPS) is 7.77. The second-order valence-corrected chi connectivity index (χ2v) is 2.54. The molecule has 1 aromatic carbocycles. The molecule has 0 bridgehead atoms. The smallest absolute Gasteiger partial charge is 1.00 e. The van der Waals surface area contributed by atoms with Crippen LogP contribution in [0.2, 0.25) is 0 Å². The van der Waals surface area contributed by atoms with Gasteiger partial charge in [-0.25, -0.2) is 0 Å². The molecule has 66 valence electrons. The van der Waals surface area contributed by atoms with Gasteiger partial charge in [-0.15, -0.1) is 0 Å². The number of benzene rings is 1. The summed E-state index contributed by atoms with van der Waals surface area (Å²) in [7, 11) is 0. The summed E-state index contributed by atoms with van der Waals surface area (Å²) in [6, 6.07) is 14.2. The number of nitrogens with one attached hydrogen (secondary N) is 1.